The highest BCUT2D eigenvalue weighted by Gasteiger charge is 2.32. The fraction of sp³-hybridized carbons (Fsp3) is 0.400. The van der Waals surface area contributed by atoms with Gasteiger partial charge in [-0.25, -0.2) is 4.79 Å². The molecule has 1 fully saturated rings. The van der Waals surface area contributed by atoms with Crippen molar-refractivity contribution in [1.29, 1.82) is 0 Å². The molecule has 0 bridgehead atoms. The van der Waals surface area contributed by atoms with Crippen LogP contribution in [0.15, 0.2) is 54.6 Å². The number of carbonyl (C=O) groups excluding carboxylic acids is 3. The maximum Gasteiger partial charge on any atom is 0.321 e. The number of anilines is 2. The Bertz CT molecular complexity index is 978. The minimum absolute atomic E-state index is 0.0583. The van der Waals surface area contributed by atoms with E-state index in [1.165, 1.54) is 0 Å². The lowest BCUT2D eigenvalue weighted by molar-refractivity contribution is -0.153. The number of aryl methyl sites for hydroxylation is 1. The molecule has 0 radical (unpaired) electrons. The van der Waals surface area contributed by atoms with Crippen molar-refractivity contribution in [2.24, 2.45) is 5.92 Å². The van der Waals surface area contributed by atoms with Gasteiger partial charge in [0.25, 0.3) is 5.91 Å². The predicted octanol–water partition coefficient (Wildman–Crippen LogP) is 3.84. The monoisotopic (exact) mass is 435 g/mol. The van der Waals surface area contributed by atoms with Crippen LogP contribution in [0.1, 0.15) is 31.7 Å². The van der Waals surface area contributed by atoms with Crippen LogP contribution in [0.25, 0.3) is 0 Å². The number of urea groups is 1. The molecule has 32 heavy (non-hydrogen) atoms. The second kappa shape index (κ2) is 9.85. The summed E-state index contributed by atoms with van der Waals surface area (Å²) in [6.45, 7) is 2.60. The molecular weight excluding hydrogens is 406 g/mol. The van der Waals surface area contributed by atoms with Crippen LogP contribution in [0.3, 0.4) is 0 Å². The first kappa shape index (κ1) is 21.9. The number of rotatable bonds is 4. The van der Waals surface area contributed by atoms with Gasteiger partial charge in [-0.2, -0.15) is 0 Å². The van der Waals surface area contributed by atoms with Crippen molar-refractivity contribution in [1.82, 2.24) is 4.90 Å². The number of nitrogens with one attached hydrogen (secondary N) is 1. The van der Waals surface area contributed by atoms with Gasteiger partial charge in [0.15, 0.2) is 6.61 Å². The first-order valence-electron chi connectivity index (χ1n) is 11.2. The minimum atomic E-state index is -0.427. The Morgan fingerprint density at radius 3 is 2.59 bits per heavy atom. The topological polar surface area (TPSA) is 79.0 Å². The Hall–Kier alpha value is -3.35. The quantitative estimate of drug-likeness (QED) is 0.740. The maximum absolute atomic E-state index is 12.9. The number of amides is 3. The lowest BCUT2D eigenvalue weighted by atomic mass is 9.96. The third-order valence-electron chi connectivity index (χ3n) is 6.20. The van der Waals surface area contributed by atoms with Crippen molar-refractivity contribution < 1.29 is 19.1 Å². The van der Waals surface area contributed by atoms with Crippen molar-refractivity contribution in [3.8, 4) is 0 Å². The number of hydrogen-bond donors (Lipinski definition) is 1. The Morgan fingerprint density at radius 2 is 1.78 bits per heavy atom. The number of piperidine rings is 1. The zero-order chi connectivity index (χ0) is 22.5. The zero-order valence-corrected chi connectivity index (χ0v) is 18.3. The number of fused-ring (bicyclic) bond motifs is 1. The second-order valence-corrected chi connectivity index (χ2v) is 8.47. The fourth-order valence-electron chi connectivity index (χ4n) is 4.47. The summed E-state index contributed by atoms with van der Waals surface area (Å²) in [5.41, 5.74) is 2.75. The summed E-state index contributed by atoms with van der Waals surface area (Å²) in [5.74, 6) is -1.06. The van der Waals surface area contributed by atoms with Gasteiger partial charge >= 0.3 is 12.0 Å². The van der Waals surface area contributed by atoms with Crippen LogP contribution in [0.4, 0.5) is 16.2 Å². The molecule has 168 valence electrons. The van der Waals surface area contributed by atoms with E-state index in [0.717, 1.165) is 24.1 Å². The molecule has 2 aromatic rings. The summed E-state index contributed by atoms with van der Waals surface area (Å²) >= 11 is 0. The van der Waals surface area contributed by atoms with Crippen LogP contribution >= 0.6 is 0 Å². The number of para-hydroxylation sites is 2. The van der Waals surface area contributed by atoms with E-state index in [0.29, 0.717) is 25.1 Å². The molecule has 1 saturated heterocycles. The Balaban J connectivity index is 1.32. The van der Waals surface area contributed by atoms with Gasteiger partial charge in [-0.05, 0) is 56.4 Å². The molecule has 0 unspecified atom stereocenters. The molecule has 2 atom stereocenters. The van der Waals surface area contributed by atoms with Crippen LogP contribution in [0.5, 0.6) is 0 Å². The third kappa shape index (κ3) is 4.93. The number of nitrogens with zero attached hydrogens (tertiary/aromatic N) is 2. The summed E-state index contributed by atoms with van der Waals surface area (Å²) in [4.78, 5) is 41.5. The highest BCUT2D eigenvalue weighted by molar-refractivity contribution is 5.97. The summed E-state index contributed by atoms with van der Waals surface area (Å²) in [7, 11) is 0. The Labute approximate surface area is 188 Å². The molecule has 0 aromatic heterocycles. The SMILES string of the molecule is C[C@H]1CCc2ccccc2N1C(=O)COC(=O)[C@@H]1CCCN(C(=O)Nc2ccccc2)C1. The molecule has 0 saturated carbocycles. The number of benzene rings is 2. The Kier molecular flexibility index (Phi) is 6.73. The van der Waals surface area contributed by atoms with Crippen molar-refractivity contribution >= 4 is 29.3 Å². The van der Waals surface area contributed by atoms with Crippen molar-refractivity contribution in [3.63, 3.8) is 0 Å². The van der Waals surface area contributed by atoms with Gasteiger partial charge in [-0.1, -0.05) is 36.4 Å². The zero-order valence-electron chi connectivity index (χ0n) is 18.3. The van der Waals surface area contributed by atoms with Crippen LogP contribution in [0.2, 0.25) is 0 Å². The first-order valence-corrected chi connectivity index (χ1v) is 11.2. The largest absolute Gasteiger partial charge is 0.455 e. The minimum Gasteiger partial charge on any atom is -0.455 e. The average molecular weight is 436 g/mol. The van der Waals surface area contributed by atoms with Gasteiger partial charge in [0.05, 0.1) is 5.92 Å². The standard InChI is InChI=1S/C25H29N3O4/c1-18-13-14-19-8-5-6-12-22(19)28(18)23(29)17-32-24(30)20-9-7-15-27(16-20)25(31)26-21-10-3-2-4-11-21/h2-6,8,10-12,18,20H,7,9,13-17H2,1H3,(H,26,31)/t18-,20+/m0/s1. The predicted molar refractivity (Wildman–Crippen MR) is 122 cm³/mol. The molecule has 2 heterocycles. The van der Waals surface area contributed by atoms with Crippen LogP contribution in [-0.4, -0.2) is 48.5 Å². The van der Waals surface area contributed by atoms with E-state index in [2.05, 4.69) is 5.32 Å². The van der Waals surface area contributed by atoms with Crippen molar-refractivity contribution in [2.75, 3.05) is 29.9 Å². The number of hydrogen-bond acceptors (Lipinski definition) is 4. The van der Waals surface area contributed by atoms with E-state index in [-0.39, 0.29) is 31.1 Å². The number of carbonyl (C=O) groups is 3. The molecule has 2 aromatic carbocycles. The summed E-state index contributed by atoms with van der Waals surface area (Å²) < 4.78 is 5.42. The highest BCUT2D eigenvalue weighted by Crippen LogP contribution is 2.30. The fourth-order valence-corrected chi connectivity index (χ4v) is 4.47. The van der Waals surface area contributed by atoms with Gasteiger partial charge in [0.2, 0.25) is 0 Å². The second-order valence-electron chi connectivity index (χ2n) is 8.47. The summed E-state index contributed by atoms with van der Waals surface area (Å²) in [6, 6.07) is 16.9. The van der Waals surface area contributed by atoms with E-state index in [1.54, 1.807) is 9.80 Å². The summed E-state index contributed by atoms with van der Waals surface area (Å²) in [6.07, 6.45) is 3.17. The van der Waals surface area contributed by atoms with E-state index >= 15 is 0 Å². The lowest BCUT2D eigenvalue weighted by Gasteiger charge is -2.35. The molecule has 4 rings (SSSR count). The van der Waals surface area contributed by atoms with Gasteiger partial charge in [0.1, 0.15) is 0 Å². The molecule has 0 spiro atoms. The summed E-state index contributed by atoms with van der Waals surface area (Å²) in [5, 5.41) is 2.85. The molecule has 7 heteroatoms. The lowest BCUT2D eigenvalue weighted by Crippen LogP contribution is -2.46. The molecule has 1 N–H and O–H groups in total. The van der Waals surface area contributed by atoms with Crippen LogP contribution < -0.4 is 10.2 Å². The van der Waals surface area contributed by atoms with E-state index in [1.807, 2.05) is 61.5 Å². The normalized spacial score (nSPS) is 20.3. The van der Waals surface area contributed by atoms with E-state index in [9.17, 15) is 14.4 Å². The van der Waals surface area contributed by atoms with Crippen molar-refractivity contribution in [3.05, 3.63) is 60.2 Å². The smallest absolute Gasteiger partial charge is 0.321 e. The first-order chi connectivity index (χ1) is 15.5. The molecule has 2 aliphatic rings. The molecule has 0 aliphatic carbocycles. The average Bonchev–Trinajstić information content (AvgIpc) is 2.83. The third-order valence-corrected chi connectivity index (χ3v) is 6.20. The van der Waals surface area contributed by atoms with E-state index in [4.69, 9.17) is 4.74 Å². The van der Waals surface area contributed by atoms with Crippen LogP contribution in [0, 0.1) is 5.92 Å². The number of likely N-dealkylation sites (tertiary alicyclic amines) is 1. The number of ether oxygens (including phenoxy) is 1. The molecule has 3 amide bonds. The Morgan fingerprint density at radius 1 is 1.03 bits per heavy atom. The van der Waals surface area contributed by atoms with Crippen LogP contribution in [-0.2, 0) is 20.7 Å². The highest BCUT2D eigenvalue weighted by atomic mass is 16.5. The molecule has 2 aliphatic heterocycles. The van der Waals surface area contributed by atoms with Crippen molar-refractivity contribution in [2.45, 2.75) is 38.6 Å². The maximum atomic E-state index is 12.9. The van der Waals surface area contributed by atoms with Gasteiger partial charge in [0, 0.05) is 30.5 Å². The molecular formula is C25H29N3O4. The molecule has 7 nitrogen and oxygen atoms in total. The number of esters is 1. The van der Waals surface area contributed by atoms with Gasteiger partial charge in [-0.3, -0.25) is 9.59 Å². The van der Waals surface area contributed by atoms with E-state index < -0.39 is 11.9 Å². The van der Waals surface area contributed by atoms with Gasteiger partial charge < -0.3 is 19.9 Å². The van der Waals surface area contributed by atoms with Gasteiger partial charge in [-0.15, -0.1) is 0 Å².